The van der Waals surface area contributed by atoms with E-state index in [1.807, 2.05) is 18.2 Å². The molecule has 188 valence electrons. The molecule has 0 radical (unpaired) electrons. The number of aromatic nitrogens is 3. The van der Waals surface area contributed by atoms with Crippen molar-refractivity contribution in [1.82, 2.24) is 20.3 Å². The van der Waals surface area contributed by atoms with Crippen LogP contribution < -0.4 is 20.7 Å². The molecule has 1 aliphatic rings. The Morgan fingerprint density at radius 3 is 2.59 bits per heavy atom. The number of benzene rings is 2. The molecule has 2 aromatic carbocycles. The molecular formula is C27H26N6O4. The van der Waals surface area contributed by atoms with Crippen molar-refractivity contribution < 1.29 is 19.1 Å². The standard InChI is InChI=1S/C27H26N6O4/c1-27(2,3)17-7-5-16(6-8-17)25(35)33-19-12-28-23-22(19)30-14-31-24(23)26(36)29-11-15-4-9-20-18(10-15)32-21(34)13-37-20/h4-10,12,14,28H,11,13H2,1-3H3,(H,29,36)(H,32,34)(H,33,35). The smallest absolute Gasteiger partial charge is 0.272 e. The molecule has 4 aromatic rings. The van der Waals surface area contributed by atoms with Crippen molar-refractivity contribution in [3.63, 3.8) is 0 Å². The number of nitrogens with zero attached hydrogens (tertiary/aromatic N) is 2. The highest BCUT2D eigenvalue weighted by Gasteiger charge is 2.20. The highest BCUT2D eigenvalue weighted by atomic mass is 16.5. The van der Waals surface area contributed by atoms with Crippen LogP contribution in [0.3, 0.4) is 0 Å². The third kappa shape index (κ3) is 4.99. The van der Waals surface area contributed by atoms with Crippen molar-refractivity contribution in [3.05, 3.63) is 77.4 Å². The zero-order valence-corrected chi connectivity index (χ0v) is 20.6. The minimum atomic E-state index is -0.414. The monoisotopic (exact) mass is 498 g/mol. The number of nitrogens with one attached hydrogen (secondary N) is 4. The maximum atomic E-state index is 12.9. The van der Waals surface area contributed by atoms with Crippen molar-refractivity contribution in [2.24, 2.45) is 0 Å². The highest BCUT2D eigenvalue weighted by Crippen LogP contribution is 2.29. The summed E-state index contributed by atoms with van der Waals surface area (Å²) in [5, 5.41) is 8.43. The van der Waals surface area contributed by atoms with Crippen LogP contribution in [0.2, 0.25) is 0 Å². The van der Waals surface area contributed by atoms with Gasteiger partial charge in [-0.15, -0.1) is 0 Å². The number of aromatic amines is 1. The molecule has 0 unspecified atom stereocenters. The van der Waals surface area contributed by atoms with E-state index < -0.39 is 5.91 Å². The second-order valence-electron chi connectivity index (χ2n) is 9.78. The fourth-order valence-electron chi connectivity index (χ4n) is 4.03. The van der Waals surface area contributed by atoms with E-state index in [0.717, 1.165) is 11.1 Å². The molecule has 0 saturated heterocycles. The van der Waals surface area contributed by atoms with Gasteiger partial charge in [-0.1, -0.05) is 39.0 Å². The number of hydrogen-bond acceptors (Lipinski definition) is 6. The van der Waals surface area contributed by atoms with Gasteiger partial charge >= 0.3 is 0 Å². The molecule has 0 fully saturated rings. The van der Waals surface area contributed by atoms with E-state index in [-0.39, 0.29) is 36.1 Å². The highest BCUT2D eigenvalue weighted by molar-refractivity contribution is 6.11. The Balaban J connectivity index is 1.29. The Kier molecular flexibility index (Phi) is 6.08. The number of carbonyl (C=O) groups is 3. The fourth-order valence-corrected chi connectivity index (χ4v) is 4.03. The van der Waals surface area contributed by atoms with Gasteiger partial charge in [-0.2, -0.15) is 0 Å². The molecule has 5 rings (SSSR count). The summed E-state index contributed by atoms with van der Waals surface area (Å²) in [7, 11) is 0. The Morgan fingerprint density at radius 2 is 1.84 bits per heavy atom. The van der Waals surface area contributed by atoms with Crippen LogP contribution in [0.15, 0.2) is 55.0 Å². The number of carbonyl (C=O) groups excluding carboxylic acids is 3. The van der Waals surface area contributed by atoms with Crippen molar-refractivity contribution in [3.8, 4) is 5.75 Å². The van der Waals surface area contributed by atoms with Crippen molar-refractivity contribution >= 4 is 40.1 Å². The van der Waals surface area contributed by atoms with Crippen molar-refractivity contribution in [1.29, 1.82) is 0 Å². The van der Waals surface area contributed by atoms with Gasteiger partial charge in [-0.3, -0.25) is 14.4 Å². The third-order valence-corrected chi connectivity index (χ3v) is 6.07. The summed E-state index contributed by atoms with van der Waals surface area (Å²) in [5.74, 6) is -0.343. The number of fused-ring (bicyclic) bond motifs is 2. The lowest BCUT2D eigenvalue weighted by Crippen LogP contribution is -2.26. The molecule has 2 aromatic heterocycles. The van der Waals surface area contributed by atoms with Gasteiger partial charge in [-0.05, 0) is 40.8 Å². The lowest BCUT2D eigenvalue weighted by Gasteiger charge is -2.19. The number of anilines is 2. The lowest BCUT2D eigenvalue weighted by molar-refractivity contribution is -0.118. The van der Waals surface area contributed by atoms with Crippen LogP contribution in [0, 0.1) is 0 Å². The first-order valence-electron chi connectivity index (χ1n) is 11.8. The molecule has 3 heterocycles. The summed E-state index contributed by atoms with van der Waals surface area (Å²) in [6, 6.07) is 12.8. The number of ether oxygens (including phenoxy) is 1. The van der Waals surface area contributed by atoms with Gasteiger partial charge in [-0.25, -0.2) is 9.97 Å². The van der Waals surface area contributed by atoms with Crippen LogP contribution in [0.5, 0.6) is 5.75 Å². The molecule has 1 aliphatic heterocycles. The summed E-state index contributed by atoms with van der Waals surface area (Å²) in [5.41, 5.74) is 4.40. The maximum Gasteiger partial charge on any atom is 0.272 e. The van der Waals surface area contributed by atoms with E-state index in [4.69, 9.17) is 4.74 Å². The van der Waals surface area contributed by atoms with Gasteiger partial charge in [0.25, 0.3) is 17.7 Å². The molecule has 0 atom stereocenters. The quantitative estimate of drug-likeness (QED) is 0.330. The van der Waals surface area contributed by atoms with Gasteiger partial charge in [0.05, 0.1) is 16.9 Å². The second kappa shape index (κ2) is 9.38. The average Bonchev–Trinajstić information content (AvgIpc) is 3.29. The van der Waals surface area contributed by atoms with E-state index in [1.54, 1.807) is 30.5 Å². The summed E-state index contributed by atoms with van der Waals surface area (Å²) in [6.07, 6.45) is 2.87. The molecule has 4 N–H and O–H groups in total. The first-order valence-corrected chi connectivity index (χ1v) is 11.8. The molecule has 0 bridgehead atoms. The molecule has 3 amide bonds. The first-order chi connectivity index (χ1) is 17.7. The normalized spacial score (nSPS) is 12.9. The lowest BCUT2D eigenvalue weighted by atomic mass is 9.87. The molecule has 0 spiro atoms. The predicted octanol–water partition coefficient (Wildman–Crippen LogP) is 3.77. The van der Waals surface area contributed by atoms with Gasteiger partial charge in [0.2, 0.25) is 0 Å². The van der Waals surface area contributed by atoms with E-state index in [9.17, 15) is 14.4 Å². The van der Waals surface area contributed by atoms with Crippen LogP contribution >= 0.6 is 0 Å². The van der Waals surface area contributed by atoms with Gasteiger partial charge in [0, 0.05) is 18.3 Å². The van der Waals surface area contributed by atoms with Crippen LogP contribution in [0.4, 0.5) is 11.4 Å². The maximum absolute atomic E-state index is 12.9. The minimum absolute atomic E-state index is 0.00992. The molecule has 37 heavy (non-hydrogen) atoms. The molecule has 0 aliphatic carbocycles. The van der Waals surface area contributed by atoms with E-state index >= 15 is 0 Å². The van der Waals surface area contributed by atoms with E-state index in [2.05, 4.69) is 51.7 Å². The Bertz CT molecular complexity index is 1520. The average molecular weight is 499 g/mol. The third-order valence-electron chi connectivity index (χ3n) is 6.07. The first kappa shape index (κ1) is 24.0. The van der Waals surface area contributed by atoms with Gasteiger partial charge in [0.15, 0.2) is 12.3 Å². The number of H-pyrrole nitrogens is 1. The summed E-state index contributed by atoms with van der Waals surface area (Å²) < 4.78 is 5.36. The predicted molar refractivity (Wildman–Crippen MR) is 139 cm³/mol. The number of rotatable bonds is 5. The largest absolute Gasteiger partial charge is 0.482 e. The summed E-state index contributed by atoms with van der Waals surface area (Å²) in [6.45, 7) is 6.53. The van der Waals surface area contributed by atoms with Crippen LogP contribution in [0.25, 0.3) is 11.0 Å². The number of hydrogen-bond donors (Lipinski definition) is 4. The van der Waals surface area contributed by atoms with Gasteiger partial charge in [0.1, 0.15) is 17.6 Å². The fraction of sp³-hybridized carbons (Fsp3) is 0.222. The Morgan fingerprint density at radius 1 is 1.05 bits per heavy atom. The van der Waals surface area contributed by atoms with Crippen LogP contribution in [-0.4, -0.2) is 39.3 Å². The van der Waals surface area contributed by atoms with Gasteiger partial charge < -0.3 is 25.7 Å². The van der Waals surface area contributed by atoms with Crippen molar-refractivity contribution in [2.45, 2.75) is 32.7 Å². The van der Waals surface area contributed by atoms with Crippen molar-refractivity contribution in [2.75, 3.05) is 17.2 Å². The van der Waals surface area contributed by atoms with Crippen LogP contribution in [-0.2, 0) is 16.8 Å². The zero-order chi connectivity index (χ0) is 26.2. The second-order valence-corrected chi connectivity index (χ2v) is 9.78. The molecule has 10 nitrogen and oxygen atoms in total. The van der Waals surface area contributed by atoms with Crippen LogP contribution in [0.1, 0.15) is 52.7 Å². The summed E-state index contributed by atoms with van der Waals surface area (Å²) in [4.78, 5) is 48.7. The zero-order valence-electron chi connectivity index (χ0n) is 20.6. The molecule has 0 saturated carbocycles. The Hall–Kier alpha value is -4.73. The summed E-state index contributed by atoms with van der Waals surface area (Å²) >= 11 is 0. The minimum Gasteiger partial charge on any atom is -0.482 e. The molecular weight excluding hydrogens is 472 g/mol. The SMILES string of the molecule is CC(C)(C)c1ccc(C(=O)Nc2c[nH]c3c(C(=O)NCc4ccc5c(c4)NC(=O)CO5)ncnc23)cc1. The number of amides is 3. The van der Waals surface area contributed by atoms with E-state index in [0.29, 0.717) is 33.7 Å². The topological polar surface area (TPSA) is 138 Å². The van der Waals surface area contributed by atoms with E-state index in [1.165, 1.54) is 6.33 Å². The Labute approximate surface area is 212 Å². The molecule has 10 heteroatoms.